The summed E-state index contributed by atoms with van der Waals surface area (Å²) in [7, 11) is 0. The Balaban J connectivity index is 3.28. The fourth-order valence-electron chi connectivity index (χ4n) is 0.926. The van der Waals surface area contributed by atoms with E-state index >= 15 is 0 Å². The lowest BCUT2D eigenvalue weighted by Crippen LogP contribution is -2.21. The van der Waals surface area contributed by atoms with Crippen LogP contribution in [-0.2, 0) is 10.2 Å². The van der Waals surface area contributed by atoms with E-state index in [1.165, 1.54) is 0 Å². The summed E-state index contributed by atoms with van der Waals surface area (Å²) in [5, 5.41) is 0.396. The molecule has 0 aliphatic rings. The van der Waals surface area contributed by atoms with Crippen LogP contribution in [-0.4, -0.2) is 11.3 Å². The molecule has 1 rings (SSSR count). The lowest BCUT2D eigenvalue weighted by molar-refractivity contribution is -0.111. The monoisotopic (exact) mass is 261 g/mol. The first-order valence-electron chi connectivity index (χ1n) is 3.76. The van der Waals surface area contributed by atoms with E-state index in [9.17, 15) is 4.79 Å². The zero-order valence-electron chi connectivity index (χ0n) is 7.34. The maximum absolute atomic E-state index is 10.8. The van der Waals surface area contributed by atoms with Gasteiger partial charge in [-0.15, -0.1) is 0 Å². The molecule has 0 spiro atoms. The van der Waals surface area contributed by atoms with Gasteiger partial charge in [0.15, 0.2) is 0 Å². The largest absolute Gasteiger partial charge is 0.302 e. The number of aldehydes is 1. The maximum Gasteiger partial charge on any atom is 0.131 e. The van der Waals surface area contributed by atoms with Gasteiger partial charge in [0, 0.05) is 4.47 Å². The number of rotatable bonds is 2. The van der Waals surface area contributed by atoms with Crippen LogP contribution in [0, 0.1) is 0 Å². The second-order valence-electron chi connectivity index (χ2n) is 3.30. The Hall–Kier alpha value is -0.410. The topological polar surface area (TPSA) is 30.0 Å². The van der Waals surface area contributed by atoms with Crippen molar-refractivity contribution in [1.29, 1.82) is 0 Å². The number of carbonyl (C=O) groups is 1. The quantitative estimate of drug-likeness (QED) is 0.606. The van der Waals surface area contributed by atoms with Crippen molar-refractivity contribution in [1.82, 2.24) is 4.98 Å². The van der Waals surface area contributed by atoms with Gasteiger partial charge in [0.1, 0.15) is 11.4 Å². The number of hydrogen-bond acceptors (Lipinski definition) is 2. The van der Waals surface area contributed by atoms with E-state index in [1.807, 2.05) is 0 Å². The van der Waals surface area contributed by atoms with Crippen molar-refractivity contribution in [2.45, 2.75) is 19.3 Å². The van der Waals surface area contributed by atoms with Gasteiger partial charge in [-0.05, 0) is 41.9 Å². The van der Waals surface area contributed by atoms with E-state index in [0.29, 0.717) is 10.8 Å². The smallest absolute Gasteiger partial charge is 0.131 e. The van der Waals surface area contributed by atoms with Gasteiger partial charge >= 0.3 is 0 Å². The van der Waals surface area contributed by atoms with Crippen LogP contribution < -0.4 is 0 Å². The summed E-state index contributed by atoms with van der Waals surface area (Å²) < 4.78 is 0.800. The van der Waals surface area contributed by atoms with E-state index in [0.717, 1.165) is 10.8 Å². The van der Waals surface area contributed by atoms with Gasteiger partial charge in [0.05, 0.1) is 11.1 Å². The molecule has 1 aromatic rings. The SMILES string of the molecule is CC(C)(C=O)c1nc(Cl)ccc1Br. The minimum atomic E-state index is -0.607. The Morgan fingerprint density at radius 3 is 2.69 bits per heavy atom. The third-order valence-corrected chi connectivity index (χ3v) is 2.57. The molecule has 70 valence electrons. The van der Waals surface area contributed by atoms with Gasteiger partial charge in [-0.1, -0.05) is 11.6 Å². The molecule has 0 aliphatic heterocycles. The summed E-state index contributed by atoms with van der Waals surface area (Å²) in [6.45, 7) is 3.59. The van der Waals surface area contributed by atoms with Crippen molar-refractivity contribution in [3.63, 3.8) is 0 Å². The first-order valence-corrected chi connectivity index (χ1v) is 4.93. The molecule has 0 atom stereocenters. The van der Waals surface area contributed by atoms with Crippen molar-refractivity contribution in [2.75, 3.05) is 0 Å². The van der Waals surface area contributed by atoms with E-state index in [-0.39, 0.29) is 0 Å². The molecule has 0 N–H and O–H groups in total. The van der Waals surface area contributed by atoms with Crippen molar-refractivity contribution >= 4 is 33.8 Å². The molecule has 0 saturated heterocycles. The van der Waals surface area contributed by atoms with Crippen LogP contribution in [0.5, 0.6) is 0 Å². The van der Waals surface area contributed by atoms with E-state index < -0.39 is 5.41 Å². The fraction of sp³-hybridized carbons (Fsp3) is 0.333. The second kappa shape index (κ2) is 3.76. The van der Waals surface area contributed by atoms with Crippen LogP contribution in [0.3, 0.4) is 0 Å². The third kappa shape index (κ3) is 2.29. The molecular weight excluding hydrogens is 253 g/mol. The van der Waals surface area contributed by atoms with Gasteiger partial charge in [-0.2, -0.15) is 0 Å². The molecule has 0 aromatic carbocycles. The molecule has 13 heavy (non-hydrogen) atoms. The predicted octanol–water partition coefficient (Wildman–Crippen LogP) is 2.97. The number of nitrogens with zero attached hydrogens (tertiary/aromatic N) is 1. The number of hydrogen-bond donors (Lipinski definition) is 0. The van der Waals surface area contributed by atoms with Crippen molar-refractivity contribution in [3.8, 4) is 0 Å². The maximum atomic E-state index is 10.8. The fourth-order valence-corrected chi connectivity index (χ4v) is 1.81. The van der Waals surface area contributed by atoms with Gasteiger partial charge in [0.2, 0.25) is 0 Å². The van der Waals surface area contributed by atoms with Crippen molar-refractivity contribution in [2.24, 2.45) is 0 Å². The van der Waals surface area contributed by atoms with Gasteiger partial charge in [-0.3, -0.25) is 0 Å². The third-order valence-electron chi connectivity index (χ3n) is 1.72. The minimum Gasteiger partial charge on any atom is -0.302 e. The molecular formula is C9H9BrClNO. The molecule has 4 heteroatoms. The van der Waals surface area contributed by atoms with Crippen LogP contribution in [0.2, 0.25) is 5.15 Å². The molecule has 0 fully saturated rings. The zero-order valence-corrected chi connectivity index (χ0v) is 9.69. The number of aromatic nitrogens is 1. The minimum absolute atomic E-state index is 0.396. The molecule has 0 aliphatic carbocycles. The number of pyridine rings is 1. The number of halogens is 2. The van der Waals surface area contributed by atoms with E-state index in [4.69, 9.17) is 11.6 Å². The van der Waals surface area contributed by atoms with Crippen molar-refractivity contribution < 1.29 is 4.79 Å². The molecule has 0 unspecified atom stereocenters. The van der Waals surface area contributed by atoms with Crippen LogP contribution >= 0.6 is 27.5 Å². The summed E-state index contributed by atoms with van der Waals surface area (Å²) in [6, 6.07) is 3.46. The van der Waals surface area contributed by atoms with E-state index in [1.54, 1.807) is 26.0 Å². The molecule has 0 saturated carbocycles. The molecule has 0 radical (unpaired) electrons. The lowest BCUT2D eigenvalue weighted by Gasteiger charge is -2.17. The van der Waals surface area contributed by atoms with Crippen LogP contribution in [0.1, 0.15) is 19.5 Å². The highest BCUT2D eigenvalue weighted by Crippen LogP contribution is 2.27. The summed E-state index contributed by atoms with van der Waals surface area (Å²) in [5.74, 6) is 0. The van der Waals surface area contributed by atoms with Crippen molar-refractivity contribution in [3.05, 3.63) is 27.5 Å². The Morgan fingerprint density at radius 2 is 2.15 bits per heavy atom. The van der Waals surface area contributed by atoms with Gasteiger partial charge in [-0.25, -0.2) is 4.98 Å². The Bertz CT molecular complexity index is 338. The van der Waals surface area contributed by atoms with Gasteiger partial charge < -0.3 is 4.79 Å². The van der Waals surface area contributed by atoms with Crippen LogP contribution in [0.4, 0.5) is 0 Å². The second-order valence-corrected chi connectivity index (χ2v) is 4.55. The summed E-state index contributed by atoms with van der Waals surface area (Å²) in [5.41, 5.74) is 0.0546. The Morgan fingerprint density at radius 1 is 1.54 bits per heavy atom. The highest BCUT2D eigenvalue weighted by Gasteiger charge is 2.24. The Kier molecular flexibility index (Phi) is 3.09. The average molecular weight is 263 g/mol. The first-order chi connectivity index (χ1) is 5.97. The summed E-state index contributed by atoms with van der Waals surface area (Å²) >= 11 is 9.06. The zero-order chi connectivity index (χ0) is 10.1. The van der Waals surface area contributed by atoms with E-state index in [2.05, 4.69) is 20.9 Å². The number of carbonyl (C=O) groups excluding carboxylic acids is 1. The molecule has 0 bridgehead atoms. The van der Waals surface area contributed by atoms with Gasteiger partial charge in [0.25, 0.3) is 0 Å². The molecule has 0 amide bonds. The van der Waals surface area contributed by atoms with Crippen LogP contribution in [0.15, 0.2) is 16.6 Å². The normalized spacial score (nSPS) is 11.4. The summed E-state index contributed by atoms with van der Waals surface area (Å²) in [6.07, 6.45) is 0.858. The summed E-state index contributed by atoms with van der Waals surface area (Å²) in [4.78, 5) is 14.9. The Labute approximate surface area is 90.4 Å². The van der Waals surface area contributed by atoms with Crippen LogP contribution in [0.25, 0.3) is 0 Å². The standard InChI is InChI=1S/C9H9BrClNO/c1-9(2,5-13)8-6(10)3-4-7(11)12-8/h3-5H,1-2H3. The average Bonchev–Trinajstić information content (AvgIpc) is 2.09. The molecule has 1 aromatic heterocycles. The predicted molar refractivity (Wildman–Crippen MR) is 56.0 cm³/mol. The first kappa shape index (κ1) is 10.7. The highest BCUT2D eigenvalue weighted by molar-refractivity contribution is 9.10. The highest BCUT2D eigenvalue weighted by atomic mass is 79.9. The lowest BCUT2D eigenvalue weighted by atomic mass is 9.91. The molecule has 1 heterocycles. The molecule has 2 nitrogen and oxygen atoms in total.